The van der Waals surface area contributed by atoms with Gasteiger partial charge in [0.15, 0.2) is 0 Å². The Morgan fingerprint density at radius 2 is 1.95 bits per heavy atom. The molecule has 6 heteroatoms. The van der Waals surface area contributed by atoms with Crippen LogP contribution in [0.25, 0.3) is 0 Å². The number of rotatable bonds is 7. The summed E-state index contributed by atoms with van der Waals surface area (Å²) in [7, 11) is 0. The molecule has 0 N–H and O–H groups in total. The minimum absolute atomic E-state index is 0.112. The van der Waals surface area contributed by atoms with Gasteiger partial charge in [-0.2, -0.15) is 0 Å². The zero-order valence-electron chi connectivity index (χ0n) is 12.7. The monoisotopic (exact) mass is 338 g/mol. The molecule has 4 nitrogen and oxygen atoms in total. The average molecular weight is 339 g/mol. The molecule has 1 amide bonds. The number of amides is 1. The largest absolute Gasteiger partial charge is 0.486 e. The van der Waals surface area contributed by atoms with E-state index in [9.17, 15) is 4.79 Å². The minimum atomic E-state index is 0.112. The van der Waals surface area contributed by atoms with Gasteiger partial charge in [-0.15, -0.1) is 11.3 Å². The molecule has 0 saturated heterocycles. The molecule has 22 heavy (non-hydrogen) atoms. The summed E-state index contributed by atoms with van der Waals surface area (Å²) in [5.41, 5.74) is 0.802. The van der Waals surface area contributed by atoms with Crippen molar-refractivity contribution in [1.29, 1.82) is 0 Å². The molecule has 118 valence electrons. The Morgan fingerprint density at radius 1 is 1.27 bits per heavy atom. The molecule has 0 spiro atoms. The highest BCUT2D eigenvalue weighted by Crippen LogP contribution is 2.18. The van der Waals surface area contributed by atoms with Crippen molar-refractivity contribution in [3.05, 3.63) is 45.4 Å². The van der Waals surface area contributed by atoms with Crippen LogP contribution in [0, 0.1) is 0 Å². The summed E-state index contributed by atoms with van der Waals surface area (Å²) in [5, 5.41) is 3.46. The number of benzene rings is 1. The van der Waals surface area contributed by atoms with Crippen LogP contribution < -0.4 is 4.74 Å². The summed E-state index contributed by atoms with van der Waals surface area (Å²) in [4.78, 5) is 18.3. The molecule has 0 fully saturated rings. The van der Waals surface area contributed by atoms with Crippen LogP contribution >= 0.6 is 22.9 Å². The molecule has 1 aromatic carbocycles. The molecule has 1 heterocycles. The van der Waals surface area contributed by atoms with Crippen LogP contribution in [0.15, 0.2) is 29.6 Å². The van der Waals surface area contributed by atoms with Gasteiger partial charge in [0.1, 0.15) is 17.4 Å². The molecule has 0 atom stereocenters. The number of halogens is 1. The molecule has 0 aliphatic heterocycles. The number of carbonyl (C=O) groups is 1. The van der Waals surface area contributed by atoms with Gasteiger partial charge in [-0.1, -0.05) is 11.6 Å². The Balaban J connectivity index is 1.88. The predicted octanol–water partition coefficient (Wildman–Crippen LogP) is 3.79. The highest BCUT2D eigenvalue weighted by Gasteiger charge is 2.12. The van der Waals surface area contributed by atoms with Gasteiger partial charge in [0.05, 0.1) is 12.1 Å². The van der Waals surface area contributed by atoms with Crippen LogP contribution in [-0.4, -0.2) is 28.9 Å². The van der Waals surface area contributed by atoms with Gasteiger partial charge in [0.2, 0.25) is 5.91 Å². The molecular weight excluding hydrogens is 320 g/mol. The van der Waals surface area contributed by atoms with Gasteiger partial charge in [0, 0.05) is 23.5 Å². The number of ether oxygens (including phenoxy) is 1. The van der Waals surface area contributed by atoms with E-state index in [0.29, 0.717) is 18.1 Å². The summed E-state index contributed by atoms with van der Waals surface area (Å²) in [6, 6.07) is 7.21. The average Bonchev–Trinajstić information content (AvgIpc) is 2.95. The van der Waals surface area contributed by atoms with Gasteiger partial charge in [-0.05, 0) is 38.1 Å². The number of nitrogens with zero attached hydrogens (tertiary/aromatic N) is 2. The number of hydrogen-bond acceptors (Lipinski definition) is 4. The Morgan fingerprint density at radius 3 is 2.59 bits per heavy atom. The molecule has 0 aliphatic rings. The van der Waals surface area contributed by atoms with Gasteiger partial charge in [0.25, 0.3) is 0 Å². The Labute approximate surface area is 139 Å². The molecule has 1 aromatic heterocycles. The van der Waals surface area contributed by atoms with Gasteiger partial charge in [-0.25, -0.2) is 4.98 Å². The number of carbonyl (C=O) groups excluding carboxylic acids is 1. The van der Waals surface area contributed by atoms with E-state index in [1.165, 1.54) is 11.3 Å². The molecular formula is C16H19ClN2O2S. The topological polar surface area (TPSA) is 42.4 Å². The van der Waals surface area contributed by atoms with Crippen LogP contribution in [0.2, 0.25) is 5.02 Å². The number of likely N-dealkylation sites (N-methyl/N-ethyl adjacent to an activating group) is 1. The summed E-state index contributed by atoms with van der Waals surface area (Å²) in [5.74, 6) is 0.862. The normalized spacial score (nSPS) is 10.5. The minimum Gasteiger partial charge on any atom is -0.486 e. The van der Waals surface area contributed by atoms with Gasteiger partial charge >= 0.3 is 0 Å². The maximum Gasteiger partial charge on any atom is 0.228 e. The summed E-state index contributed by atoms with van der Waals surface area (Å²) in [6.45, 7) is 5.81. The van der Waals surface area contributed by atoms with Crippen molar-refractivity contribution in [1.82, 2.24) is 9.88 Å². The first-order valence-electron chi connectivity index (χ1n) is 7.21. The Hall–Kier alpha value is -1.59. The van der Waals surface area contributed by atoms with Crippen molar-refractivity contribution >= 4 is 28.8 Å². The van der Waals surface area contributed by atoms with Crippen LogP contribution in [0.1, 0.15) is 24.5 Å². The lowest BCUT2D eigenvalue weighted by Gasteiger charge is -2.17. The fourth-order valence-corrected chi connectivity index (χ4v) is 2.85. The van der Waals surface area contributed by atoms with E-state index in [2.05, 4.69) is 4.98 Å². The van der Waals surface area contributed by atoms with E-state index in [0.717, 1.165) is 29.5 Å². The maximum atomic E-state index is 12.0. The Kier molecular flexibility index (Phi) is 6.21. The van der Waals surface area contributed by atoms with E-state index in [-0.39, 0.29) is 5.91 Å². The van der Waals surface area contributed by atoms with E-state index < -0.39 is 0 Å². The lowest BCUT2D eigenvalue weighted by atomic mass is 10.3. The predicted molar refractivity (Wildman–Crippen MR) is 89.5 cm³/mol. The molecule has 0 unspecified atom stereocenters. The molecule has 0 saturated carbocycles. The maximum absolute atomic E-state index is 12.0. The highest BCUT2D eigenvalue weighted by molar-refractivity contribution is 7.09. The second-order valence-electron chi connectivity index (χ2n) is 4.72. The molecule has 2 rings (SSSR count). The molecule has 0 radical (unpaired) electrons. The van der Waals surface area contributed by atoms with Crippen LogP contribution in [0.5, 0.6) is 5.75 Å². The summed E-state index contributed by atoms with van der Waals surface area (Å²) in [6.07, 6.45) is 0.346. The second kappa shape index (κ2) is 8.15. The lowest BCUT2D eigenvalue weighted by molar-refractivity contribution is -0.130. The van der Waals surface area contributed by atoms with Gasteiger partial charge < -0.3 is 9.64 Å². The third kappa shape index (κ3) is 4.71. The SMILES string of the molecule is CCN(CC)C(=O)Cc1csc(COc2ccc(Cl)cc2)n1. The summed E-state index contributed by atoms with van der Waals surface area (Å²) < 4.78 is 5.65. The van der Waals surface area contributed by atoms with Gasteiger partial charge in [-0.3, -0.25) is 4.79 Å². The zero-order valence-corrected chi connectivity index (χ0v) is 14.3. The number of aromatic nitrogens is 1. The van der Waals surface area contributed by atoms with E-state index >= 15 is 0 Å². The van der Waals surface area contributed by atoms with E-state index in [4.69, 9.17) is 16.3 Å². The van der Waals surface area contributed by atoms with Crippen molar-refractivity contribution in [3.63, 3.8) is 0 Å². The van der Waals surface area contributed by atoms with E-state index in [1.807, 2.05) is 36.3 Å². The van der Waals surface area contributed by atoms with Crippen molar-refractivity contribution in [3.8, 4) is 5.75 Å². The molecule has 0 bridgehead atoms. The number of hydrogen-bond donors (Lipinski definition) is 0. The van der Waals surface area contributed by atoms with Crippen LogP contribution in [-0.2, 0) is 17.8 Å². The zero-order chi connectivity index (χ0) is 15.9. The summed E-state index contributed by atoms with van der Waals surface area (Å²) >= 11 is 7.34. The first kappa shape index (κ1) is 16.8. The first-order chi connectivity index (χ1) is 10.6. The lowest BCUT2D eigenvalue weighted by Crippen LogP contribution is -2.31. The fourth-order valence-electron chi connectivity index (χ4n) is 2.02. The third-order valence-corrected chi connectivity index (χ3v) is 4.35. The highest BCUT2D eigenvalue weighted by atomic mass is 35.5. The standard InChI is InChI=1S/C16H19ClN2O2S/c1-3-19(4-2)16(20)9-13-11-22-15(18-13)10-21-14-7-5-12(17)6-8-14/h5-8,11H,3-4,9-10H2,1-2H3. The van der Waals surface area contributed by atoms with E-state index in [1.54, 1.807) is 12.1 Å². The Bertz CT molecular complexity index is 609. The van der Waals surface area contributed by atoms with Crippen LogP contribution in [0.3, 0.4) is 0 Å². The van der Waals surface area contributed by atoms with Crippen molar-refractivity contribution < 1.29 is 9.53 Å². The smallest absolute Gasteiger partial charge is 0.228 e. The van der Waals surface area contributed by atoms with Crippen molar-refractivity contribution in [2.24, 2.45) is 0 Å². The first-order valence-corrected chi connectivity index (χ1v) is 8.47. The quantitative estimate of drug-likeness (QED) is 0.771. The second-order valence-corrected chi connectivity index (χ2v) is 6.10. The number of thiazole rings is 1. The fraction of sp³-hybridized carbons (Fsp3) is 0.375. The molecule has 0 aliphatic carbocycles. The van der Waals surface area contributed by atoms with Crippen molar-refractivity contribution in [2.45, 2.75) is 26.9 Å². The molecule has 2 aromatic rings. The third-order valence-electron chi connectivity index (χ3n) is 3.22. The van der Waals surface area contributed by atoms with Crippen LogP contribution in [0.4, 0.5) is 0 Å². The van der Waals surface area contributed by atoms with Crippen molar-refractivity contribution in [2.75, 3.05) is 13.1 Å².